The number of carbonyl (C=O) groups excluding carboxylic acids is 9. The van der Waals surface area contributed by atoms with Crippen LogP contribution in [0.3, 0.4) is 0 Å². The Hall–Kier alpha value is -10.0. The smallest absolute Gasteiger partial charge is 0.494 e. The topological polar surface area (TPSA) is 264 Å². The fraction of sp³-hybridized carbons (Fsp3) is 0.526. The third-order valence-electron chi connectivity index (χ3n) is 18.4. The summed E-state index contributed by atoms with van der Waals surface area (Å²) in [5.41, 5.74) is 4.35. The fourth-order valence-electron chi connectivity index (χ4n) is 11.6. The Morgan fingerprint density at radius 2 is 0.448 bits per heavy atom. The lowest BCUT2D eigenvalue weighted by Crippen LogP contribution is -2.11. The van der Waals surface area contributed by atoms with Gasteiger partial charge in [-0.25, -0.2) is 24.0 Å². The number of benzene rings is 6. The molecule has 0 aromatic heterocycles. The van der Waals surface area contributed by atoms with E-state index < -0.39 is 53.9 Å². The zero-order valence-corrected chi connectivity index (χ0v) is 70.0. The highest BCUT2D eigenvalue weighted by Crippen LogP contribution is 2.25. The first kappa shape index (κ1) is 98.3. The molecule has 0 unspecified atom stereocenters. The van der Waals surface area contributed by atoms with E-state index in [1.807, 2.05) is 55.5 Å². The summed E-state index contributed by atoms with van der Waals surface area (Å²) in [7, 11) is 0. The largest absolute Gasteiger partial charge is 0.508 e. The van der Waals surface area contributed by atoms with Gasteiger partial charge in [0.15, 0.2) is 0 Å². The van der Waals surface area contributed by atoms with Crippen LogP contribution in [0.2, 0.25) is 0 Å². The Morgan fingerprint density at radius 1 is 0.216 bits per heavy atom. The molecule has 0 aliphatic carbocycles. The van der Waals surface area contributed by atoms with Crippen molar-refractivity contribution in [3.8, 4) is 34.5 Å². The van der Waals surface area contributed by atoms with Gasteiger partial charge >= 0.3 is 53.9 Å². The summed E-state index contributed by atoms with van der Waals surface area (Å²) in [5.74, 6) is -0.402. The van der Waals surface area contributed by atoms with E-state index in [1.165, 1.54) is 114 Å². The number of ether oxygens (including phenoxy) is 12. The summed E-state index contributed by atoms with van der Waals surface area (Å²) in [5, 5.41) is 0. The van der Waals surface area contributed by atoms with E-state index in [0.717, 1.165) is 88.5 Å². The Labute approximate surface area is 689 Å². The lowest BCUT2D eigenvalue weighted by Gasteiger charge is -2.09. The number of rotatable bonds is 58. The molecule has 21 heteroatoms. The summed E-state index contributed by atoms with van der Waals surface area (Å²) in [6, 6.07) is 42.0. The molecular formula is C95H130O21. The molecule has 6 rings (SSSR count). The van der Waals surface area contributed by atoms with Crippen molar-refractivity contribution in [3.05, 3.63) is 179 Å². The highest BCUT2D eigenvalue weighted by Gasteiger charge is 2.17. The van der Waals surface area contributed by atoms with Gasteiger partial charge in [0.2, 0.25) is 0 Å². The van der Waals surface area contributed by atoms with E-state index in [0.29, 0.717) is 111 Å². The van der Waals surface area contributed by atoms with Gasteiger partial charge < -0.3 is 56.8 Å². The quantitative estimate of drug-likeness (QED) is 0.0149. The third-order valence-corrected chi connectivity index (χ3v) is 18.4. The van der Waals surface area contributed by atoms with Gasteiger partial charge in [-0.05, 0) is 236 Å². The molecule has 0 aliphatic heterocycles. The van der Waals surface area contributed by atoms with Crippen LogP contribution in [0.1, 0.15) is 312 Å². The van der Waals surface area contributed by atoms with Crippen molar-refractivity contribution in [1.82, 2.24) is 0 Å². The predicted molar refractivity (Wildman–Crippen MR) is 449 cm³/mol. The molecule has 0 saturated heterocycles. The molecule has 0 atom stereocenters. The number of unbranched alkanes of at least 4 members (excludes halogenated alkanes) is 23. The van der Waals surface area contributed by atoms with Crippen LogP contribution < -0.4 is 28.4 Å². The molecule has 0 spiro atoms. The highest BCUT2D eigenvalue weighted by atomic mass is 16.7. The lowest BCUT2D eigenvalue weighted by atomic mass is 10.0. The van der Waals surface area contributed by atoms with Crippen LogP contribution in [0, 0.1) is 0 Å². The number of hydrogen-bond donors (Lipinski definition) is 0. The van der Waals surface area contributed by atoms with Gasteiger partial charge in [0.05, 0.1) is 101 Å². The number of esters is 8. The number of hydrogen-bond acceptors (Lipinski definition) is 21. The zero-order valence-electron chi connectivity index (χ0n) is 70.0. The number of carbonyl (C=O) groups is 9. The van der Waals surface area contributed by atoms with Crippen LogP contribution in [0.25, 0.3) is 0 Å². The molecule has 0 N–H and O–H groups in total. The maximum Gasteiger partial charge on any atom is 0.508 e. The minimum absolute atomic E-state index is 0.0179. The number of aryl methyl sites for hydroxylation is 2. The molecule has 0 heterocycles. The van der Waals surface area contributed by atoms with E-state index in [-0.39, 0.29) is 38.9 Å². The standard InChI is InChI=1S/C35H44O5.C34H42O5.C26H44O11/c1-3-5-7-9-10-11-12-14-28-15-17-29(18-16-28)34(36)39-32-23-25-33(26-24-32)40-35(37)30-19-21-31(22-20-30)38-27-13-8-6-4-2;1-3-5-7-8-9-10-11-13-27-14-16-28(17-15-27)33(35)38-31-22-24-32(25-23-31)39-34(36)29-18-20-30(21-19-29)37-26-12-6-4-2;1-3-17-33-23(28)15-16-25(30)35-19-10-6-8-12-21-37-26(31)36-20-11-7-5-9-18-34-24(29)14-13-22(27)32-4-2/h15-26H,3-14,27H2,1-2H3;14-25H,3-13,26H2,1-2H3;3-21H2,1-2H3. The van der Waals surface area contributed by atoms with Crippen molar-refractivity contribution < 1.29 is 100.0 Å². The maximum atomic E-state index is 12.6. The Morgan fingerprint density at radius 3 is 0.759 bits per heavy atom. The second kappa shape index (κ2) is 64.2. The van der Waals surface area contributed by atoms with Gasteiger partial charge in [-0.1, -0.05) is 168 Å². The summed E-state index contributed by atoms with van der Waals surface area (Å²) >= 11 is 0. The van der Waals surface area contributed by atoms with Gasteiger partial charge in [0, 0.05) is 0 Å². The molecule has 0 radical (unpaired) electrons. The first-order chi connectivity index (χ1) is 56.6. The maximum absolute atomic E-state index is 12.6. The first-order valence-corrected chi connectivity index (χ1v) is 42.7. The van der Waals surface area contributed by atoms with Crippen LogP contribution in [0.5, 0.6) is 34.5 Å². The third kappa shape index (κ3) is 47.7. The molecule has 21 nitrogen and oxygen atoms in total. The van der Waals surface area contributed by atoms with E-state index in [2.05, 4.69) is 27.7 Å². The Bertz CT molecular complexity index is 3650. The van der Waals surface area contributed by atoms with Crippen molar-refractivity contribution in [2.24, 2.45) is 0 Å². The van der Waals surface area contributed by atoms with Crippen molar-refractivity contribution >= 4 is 53.9 Å². The average Bonchev–Trinajstić information content (AvgIpc) is 0.872. The SMILES string of the molecule is CCCCCCCCCc1ccc(C(=O)Oc2ccc(OC(=O)c3ccc(OCCCCC)cc3)cc2)cc1.CCCCCCCCCc1ccc(C(=O)Oc2ccc(OC(=O)c3ccc(OCCCCCC)cc3)cc2)cc1.CCCOC(=O)CCC(=O)OCCCCCCOC(=O)OCCCCCCOC(=O)CCC(=O)OCC. The minimum atomic E-state index is -0.693. The van der Waals surface area contributed by atoms with Crippen molar-refractivity contribution in [2.45, 2.75) is 273 Å². The van der Waals surface area contributed by atoms with Crippen LogP contribution in [0.15, 0.2) is 146 Å². The van der Waals surface area contributed by atoms with E-state index in [1.54, 1.807) is 104 Å². The molecular weight excluding hydrogens is 1480 g/mol. The fourth-order valence-corrected chi connectivity index (χ4v) is 11.6. The van der Waals surface area contributed by atoms with Crippen LogP contribution in [-0.4, -0.2) is 107 Å². The molecule has 0 saturated carbocycles. The first-order valence-electron chi connectivity index (χ1n) is 42.7. The molecule has 116 heavy (non-hydrogen) atoms. The average molecular weight is 1610 g/mol. The van der Waals surface area contributed by atoms with Crippen LogP contribution in [0.4, 0.5) is 4.79 Å². The summed E-state index contributed by atoms with van der Waals surface area (Å²) < 4.78 is 63.1. The van der Waals surface area contributed by atoms with Gasteiger partial charge in [-0.15, -0.1) is 0 Å². The van der Waals surface area contributed by atoms with Crippen molar-refractivity contribution in [1.29, 1.82) is 0 Å². The van der Waals surface area contributed by atoms with Gasteiger partial charge in [0.25, 0.3) is 0 Å². The van der Waals surface area contributed by atoms with E-state index in [4.69, 9.17) is 56.8 Å². The second-order valence-corrected chi connectivity index (χ2v) is 28.4. The molecule has 6 aromatic carbocycles. The van der Waals surface area contributed by atoms with Crippen molar-refractivity contribution in [2.75, 3.05) is 52.9 Å². The van der Waals surface area contributed by atoms with Gasteiger partial charge in [0.1, 0.15) is 34.5 Å². The lowest BCUT2D eigenvalue weighted by molar-refractivity contribution is -0.150. The van der Waals surface area contributed by atoms with E-state index in [9.17, 15) is 43.2 Å². The minimum Gasteiger partial charge on any atom is -0.494 e. The summed E-state index contributed by atoms with van der Waals surface area (Å²) in [6.07, 6.45) is 34.1. The van der Waals surface area contributed by atoms with E-state index >= 15 is 0 Å². The molecule has 0 amide bonds. The summed E-state index contributed by atoms with van der Waals surface area (Å²) in [4.78, 5) is 107. The highest BCUT2D eigenvalue weighted by molar-refractivity contribution is 5.93. The predicted octanol–water partition coefficient (Wildman–Crippen LogP) is 22.8. The zero-order chi connectivity index (χ0) is 83.7. The second-order valence-electron chi connectivity index (χ2n) is 28.4. The van der Waals surface area contributed by atoms with Gasteiger partial charge in [-0.2, -0.15) is 0 Å². The van der Waals surface area contributed by atoms with Crippen LogP contribution in [-0.2, 0) is 60.4 Å². The van der Waals surface area contributed by atoms with Gasteiger partial charge in [-0.3, -0.25) is 19.2 Å². The monoisotopic (exact) mass is 1610 g/mol. The van der Waals surface area contributed by atoms with Crippen molar-refractivity contribution in [3.63, 3.8) is 0 Å². The van der Waals surface area contributed by atoms with Crippen LogP contribution >= 0.6 is 0 Å². The molecule has 0 aliphatic rings. The summed E-state index contributed by atoms with van der Waals surface area (Å²) in [6.45, 7) is 15.5. The molecule has 0 bridgehead atoms. The molecule has 6 aromatic rings. The Kier molecular flexibility index (Phi) is 54.4. The normalized spacial score (nSPS) is 10.6. The molecule has 0 fully saturated rings. The Balaban J connectivity index is 0.000000367. The molecule has 636 valence electrons.